The Bertz CT molecular complexity index is 321. The van der Waals surface area contributed by atoms with E-state index in [0.717, 1.165) is 25.7 Å². The average Bonchev–Trinajstić information content (AvgIpc) is 2.75. The van der Waals surface area contributed by atoms with E-state index in [1.807, 2.05) is 7.05 Å². The quantitative estimate of drug-likeness (QED) is 0.328. The maximum Gasteiger partial charge on any atom is 0.191 e. The Kier molecular flexibility index (Phi) is 8.79. The van der Waals surface area contributed by atoms with Gasteiger partial charge in [0, 0.05) is 25.7 Å². The van der Waals surface area contributed by atoms with Crippen molar-refractivity contribution >= 4 is 5.96 Å². The van der Waals surface area contributed by atoms with Gasteiger partial charge in [0.25, 0.3) is 0 Å². The van der Waals surface area contributed by atoms with E-state index in [2.05, 4.69) is 48.5 Å². The summed E-state index contributed by atoms with van der Waals surface area (Å²) in [5.41, 5.74) is 0.0917. The Morgan fingerprint density at radius 3 is 2.32 bits per heavy atom. The summed E-state index contributed by atoms with van der Waals surface area (Å²) >= 11 is 0. The molecule has 0 radical (unpaired) electrons. The van der Waals surface area contributed by atoms with Crippen LogP contribution in [0.25, 0.3) is 0 Å². The fourth-order valence-corrected chi connectivity index (χ4v) is 2.48. The Balaban J connectivity index is 2.18. The van der Waals surface area contributed by atoms with Crippen molar-refractivity contribution in [3.8, 4) is 0 Å². The predicted octanol–water partition coefficient (Wildman–Crippen LogP) is 2.23. The molecule has 0 aromatic heterocycles. The van der Waals surface area contributed by atoms with Gasteiger partial charge in [0.1, 0.15) is 0 Å². The third-order valence-corrected chi connectivity index (χ3v) is 4.67. The Labute approximate surface area is 136 Å². The molecule has 130 valence electrons. The number of likely N-dealkylation sites (N-methyl/N-ethyl adjacent to an activating group) is 1. The van der Waals surface area contributed by atoms with Crippen LogP contribution in [0.5, 0.6) is 0 Å². The van der Waals surface area contributed by atoms with Crippen molar-refractivity contribution < 1.29 is 4.74 Å². The van der Waals surface area contributed by atoms with Crippen molar-refractivity contribution in [2.45, 2.75) is 64.0 Å². The van der Waals surface area contributed by atoms with E-state index in [9.17, 15) is 0 Å². The molecule has 0 unspecified atom stereocenters. The lowest BCUT2D eigenvalue weighted by atomic mass is 10.0. The standard InChI is InChI=1S/C17H36N4O/c1-17(2,21(4)5)14-20-16(18-3)19-12-13-22-15-10-8-6-7-9-11-15/h15H,6-14H2,1-5H3,(H2,18,19,20). The Hall–Kier alpha value is -0.810. The highest BCUT2D eigenvalue weighted by Gasteiger charge is 2.20. The summed E-state index contributed by atoms with van der Waals surface area (Å²) in [6.45, 7) is 6.83. The van der Waals surface area contributed by atoms with Gasteiger partial charge in [0.15, 0.2) is 5.96 Å². The molecule has 0 amide bonds. The minimum absolute atomic E-state index is 0.0917. The summed E-state index contributed by atoms with van der Waals surface area (Å²) in [6, 6.07) is 0. The monoisotopic (exact) mass is 312 g/mol. The summed E-state index contributed by atoms with van der Waals surface area (Å²) in [5.74, 6) is 0.847. The van der Waals surface area contributed by atoms with Crippen LogP contribution in [0.1, 0.15) is 52.4 Å². The van der Waals surface area contributed by atoms with Gasteiger partial charge in [0.05, 0.1) is 12.7 Å². The molecule has 1 rings (SSSR count). The first-order valence-electron chi connectivity index (χ1n) is 8.69. The van der Waals surface area contributed by atoms with Crippen molar-refractivity contribution in [3.63, 3.8) is 0 Å². The number of aliphatic imine (C=N–C) groups is 1. The Morgan fingerprint density at radius 1 is 1.14 bits per heavy atom. The topological polar surface area (TPSA) is 48.9 Å². The van der Waals surface area contributed by atoms with Gasteiger partial charge in [-0.05, 0) is 40.8 Å². The maximum absolute atomic E-state index is 5.99. The molecule has 0 spiro atoms. The zero-order valence-electron chi connectivity index (χ0n) is 15.2. The molecule has 0 saturated heterocycles. The predicted molar refractivity (Wildman–Crippen MR) is 94.6 cm³/mol. The minimum atomic E-state index is 0.0917. The first kappa shape index (κ1) is 19.2. The molecular formula is C17H36N4O. The number of hydrogen-bond donors (Lipinski definition) is 2. The van der Waals surface area contributed by atoms with Crippen LogP contribution in [0.2, 0.25) is 0 Å². The van der Waals surface area contributed by atoms with E-state index in [1.54, 1.807) is 0 Å². The molecule has 1 fully saturated rings. The number of nitrogens with one attached hydrogen (secondary N) is 2. The van der Waals surface area contributed by atoms with Crippen molar-refractivity contribution in [1.29, 1.82) is 0 Å². The SMILES string of the molecule is CN=C(NCCOC1CCCCCC1)NCC(C)(C)N(C)C. The zero-order chi connectivity index (χ0) is 16.4. The van der Waals surface area contributed by atoms with E-state index < -0.39 is 0 Å². The van der Waals surface area contributed by atoms with Crippen LogP contribution in [-0.4, -0.2) is 63.3 Å². The van der Waals surface area contributed by atoms with Gasteiger partial charge in [0.2, 0.25) is 0 Å². The van der Waals surface area contributed by atoms with Gasteiger partial charge >= 0.3 is 0 Å². The molecule has 0 aromatic rings. The fourth-order valence-electron chi connectivity index (χ4n) is 2.48. The summed E-state index contributed by atoms with van der Waals surface area (Å²) < 4.78 is 5.99. The summed E-state index contributed by atoms with van der Waals surface area (Å²) in [4.78, 5) is 6.48. The largest absolute Gasteiger partial charge is 0.376 e. The van der Waals surface area contributed by atoms with Crippen LogP contribution in [0.15, 0.2) is 4.99 Å². The second-order valence-corrected chi connectivity index (χ2v) is 7.04. The molecule has 0 heterocycles. The van der Waals surface area contributed by atoms with Crippen LogP contribution in [0, 0.1) is 0 Å². The second kappa shape index (κ2) is 10.1. The van der Waals surface area contributed by atoms with Crippen molar-refractivity contribution in [2.75, 3.05) is 40.8 Å². The minimum Gasteiger partial charge on any atom is -0.376 e. The molecule has 0 aromatic carbocycles. The highest BCUT2D eigenvalue weighted by molar-refractivity contribution is 5.79. The number of rotatable bonds is 7. The van der Waals surface area contributed by atoms with Crippen LogP contribution in [0.4, 0.5) is 0 Å². The second-order valence-electron chi connectivity index (χ2n) is 7.04. The summed E-state index contributed by atoms with van der Waals surface area (Å²) in [6.07, 6.45) is 8.30. The van der Waals surface area contributed by atoms with E-state index in [0.29, 0.717) is 6.10 Å². The lowest BCUT2D eigenvalue weighted by Gasteiger charge is -2.33. The van der Waals surface area contributed by atoms with E-state index >= 15 is 0 Å². The van der Waals surface area contributed by atoms with Gasteiger partial charge in [-0.25, -0.2) is 0 Å². The first-order valence-corrected chi connectivity index (χ1v) is 8.69. The Morgan fingerprint density at radius 2 is 1.77 bits per heavy atom. The van der Waals surface area contributed by atoms with E-state index in [-0.39, 0.29) is 5.54 Å². The van der Waals surface area contributed by atoms with Crippen molar-refractivity contribution in [2.24, 2.45) is 4.99 Å². The molecule has 2 N–H and O–H groups in total. The molecule has 5 nitrogen and oxygen atoms in total. The highest BCUT2D eigenvalue weighted by atomic mass is 16.5. The third-order valence-electron chi connectivity index (χ3n) is 4.67. The highest BCUT2D eigenvalue weighted by Crippen LogP contribution is 2.19. The lowest BCUT2D eigenvalue weighted by molar-refractivity contribution is 0.0468. The van der Waals surface area contributed by atoms with Crippen LogP contribution < -0.4 is 10.6 Å². The lowest BCUT2D eigenvalue weighted by Crippen LogP contribution is -2.51. The summed E-state index contributed by atoms with van der Waals surface area (Å²) in [7, 11) is 6.00. The molecule has 0 aliphatic heterocycles. The fraction of sp³-hybridized carbons (Fsp3) is 0.941. The van der Waals surface area contributed by atoms with Gasteiger partial charge < -0.3 is 20.3 Å². The van der Waals surface area contributed by atoms with Gasteiger partial charge in [-0.2, -0.15) is 0 Å². The number of guanidine groups is 1. The van der Waals surface area contributed by atoms with E-state index in [4.69, 9.17) is 4.74 Å². The van der Waals surface area contributed by atoms with Crippen LogP contribution >= 0.6 is 0 Å². The zero-order valence-corrected chi connectivity index (χ0v) is 15.2. The average molecular weight is 313 g/mol. The first-order chi connectivity index (χ1) is 10.5. The van der Waals surface area contributed by atoms with Crippen molar-refractivity contribution in [1.82, 2.24) is 15.5 Å². The molecule has 0 atom stereocenters. The van der Waals surface area contributed by atoms with Gasteiger partial charge in [-0.1, -0.05) is 25.7 Å². The molecule has 1 saturated carbocycles. The summed E-state index contributed by atoms with van der Waals surface area (Å²) in [5, 5.41) is 6.71. The normalized spacial score (nSPS) is 18.4. The van der Waals surface area contributed by atoms with E-state index in [1.165, 1.54) is 38.5 Å². The van der Waals surface area contributed by atoms with Crippen LogP contribution in [0.3, 0.4) is 0 Å². The number of hydrogen-bond acceptors (Lipinski definition) is 3. The number of ether oxygens (including phenoxy) is 1. The van der Waals surface area contributed by atoms with Crippen LogP contribution in [-0.2, 0) is 4.74 Å². The number of nitrogens with zero attached hydrogens (tertiary/aromatic N) is 2. The molecule has 1 aliphatic rings. The van der Waals surface area contributed by atoms with Crippen molar-refractivity contribution in [3.05, 3.63) is 0 Å². The molecule has 1 aliphatic carbocycles. The molecule has 0 bridgehead atoms. The smallest absolute Gasteiger partial charge is 0.191 e. The molecule has 22 heavy (non-hydrogen) atoms. The van der Waals surface area contributed by atoms with Gasteiger partial charge in [-0.15, -0.1) is 0 Å². The molecular weight excluding hydrogens is 276 g/mol. The van der Waals surface area contributed by atoms with Gasteiger partial charge in [-0.3, -0.25) is 4.99 Å². The third kappa shape index (κ3) is 7.45. The maximum atomic E-state index is 5.99. The molecule has 5 heteroatoms.